The van der Waals surface area contributed by atoms with Gasteiger partial charge in [-0.15, -0.1) is 0 Å². The summed E-state index contributed by atoms with van der Waals surface area (Å²) in [6, 6.07) is 15.6. The van der Waals surface area contributed by atoms with Crippen molar-refractivity contribution in [3.05, 3.63) is 64.7 Å². The Morgan fingerprint density at radius 2 is 1.67 bits per heavy atom. The molecule has 0 radical (unpaired) electrons. The molecular weight excluding hydrogens is 466 g/mol. The van der Waals surface area contributed by atoms with Gasteiger partial charge in [0.1, 0.15) is 18.0 Å². The lowest BCUT2D eigenvalue weighted by Crippen LogP contribution is -2.35. The second-order valence-corrected chi connectivity index (χ2v) is 12.6. The van der Waals surface area contributed by atoms with Crippen LogP contribution >= 0.6 is 11.8 Å². The molecule has 0 unspecified atom stereocenters. The van der Waals surface area contributed by atoms with Gasteiger partial charge in [0, 0.05) is 6.54 Å². The first-order valence-corrected chi connectivity index (χ1v) is 14.8. The van der Waals surface area contributed by atoms with Gasteiger partial charge < -0.3 is 14.4 Å². The fourth-order valence-corrected chi connectivity index (χ4v) is 6.50. The first-order valence-electron chi connectivity index (χ1n) is 13.6. The summed E-state index contributed by atoms with van der Waals surface area (Å²) in [5.74, 6) is 4.73. The number of esters is 1. The average molecular weight is 510 g/mol. The van der Waals surface area contributed by atoms with Crippen LogP contribution in [0.5, 0.6) is 5.75 Å². The van der Waals surface area contributed by atoms with Gasteiger partial charge in [-0.25, -0.2) is 0 Å². The summed E-state index contributed by atoms with van der Waals surface area (Å²) in [5, 5.41) is 0. The van der Waals surface area contributed by atoms with Crippen LogP contribution in [0.1, 0.15) is 87.0 Å². The Morgan fingerprint density at radius 1 is 0.972 bits per heavy atom. The van der Waals surface area contributed by atoms with Crippen LogP contribution in [0.3, 0.4) is 0 Å². The molecule has 0 atom stereocenters. The molecule has 4 rings (SSSR count). The van der Waals surface area contributed by atoms with Crippen molar-refractivity contribution in [2.24, 2.45) is 0 Å². The summed E-state index contributed by atoms with van der Waals surface area (Å²) in [4.78, 5) is 14.4. The van der Waals surface area contributed by atoms with Gasteiger partial charge in [-0.05, 0) is 124 Å². The van der Waals surface area contributed by atoms with E-state index in [4.69, 9.17) is 9.47 Å². The molecule has 36 heavy (non-hydrogen) atoms. The minimum absolute atomic E-state index is 0.100. The number of rotatable bonds is 8. The molecule has 2 aliphatic heterocycles. The Hall–Kier alpha value is -1.98. The second kappa shape index (κ2) is 12.5. The van der Waals surface area contributed by atoms with Crippen LogP contribution in [-0.4, -0.2) is 47.6 Å². The van der Waals surface area contributed by atoms with E-state index in [2.05, 4.69) is 66.1 Å². The Morgan fingerprint density at radius 3 is 2.31 bits per heavy atom. The molecule has 2 aliphatic rings. The highest BCUT2D eigenvalue weighted by atomic mass is 32.2. The van der Waals surface area contributed by atoms with Crippen LogP contribution in [0.4, 0.5) is 0 Å². The predicted molar refractivity (Wildman–Crippen MR) is 150 cm³/mol. The number of benzene rings is 2. The molecular formula is C31H43NO3S. The van der Waals surface area contributed by atoms with Crippen LogP contribution in [0, 0.1) is 6.92 Å². The number of nitrogens with zero attached hydrogens (tertiary/aromatic N) is 1. The number of piperidine rings is 1. The van der Waals surface area contributed by atoms with E-state index in [1.165, 1.54) is 46.6 Å². The smallest absolute Gasteiger partial charge is 0.307 e. The molecule has 2 heterocycles. The summed E-state index contributed by atoms with van der Waals surface area (Å²) < 4.78 is 11.6. The van der Waals surface area contributed by atoms with E-state index in [0.717, 1.165) is 38.2 Å². The van der Waals surface area contributed by atoms with Crippen molar-refractivity contribution in [1.29, 1.82) is 0 Å². The largest absolute Gasteiger partial charge is 0.489 e. The Kier molecular flexibility index (Phi) is 9.41. The van der Waals surface area contributed by atoms with E-state index in [1.807, 2.05) is 20.8 Å². The highest BCUT2D eigenvalue weighted by Gasteiger charge is 2.22. The minimum atomic E-state index is -0.404. The molecule has 0 N–H and O–H groups in total. The van der Waals surface area contributed by atoms with Gasteiger partial charge in [0.2, 0.25) is 0 Å². The molecule has 2 aromatic rings. The number of hydrogen-bond acceptors (Lipinski definition) is 5. The maximum absolute atomic E-state index is 12.0. The third-order valence-corrected chi connectivity index (χ3v) is 8.45. The normalized spacial score (nSPS) is 18.2. The lowest BCUT2D eigenvalue weighted by molar-refractivity contribution is -0.155. The van der Waals surface area contributed by atoms with Crippen molar-refractivity contribution in [1.82, 2.24) is 4.90 Å². The molecule has 0 aliphatic carbocycles. The van der Waals surface area contributed by atoms with Gasteiger partial charge in [0.05, 0.1) is 6.42 Å². The molecule has 0 spiro atoms. The molecule has 2 saturated heterocycles. The molecule has 0 amide bonds. The molecule has 4 nitrogen and oxygen atoms in total. The maximum Gasteiger partial charge on any atom is 0.307 e. The summed E-state index contributed by atoms with van der Waals surface area (Å²) in [6.07, 6.45) is 5.33. The van der Waals surface area contributed by atoms with E-state index in [0.29, 0.717) is 24.9 Å². The number of likely N-dealkylation sites (tertiary alicyclic amines) is 1. The molecule has 0 bridgehead atoms. The van der Waals surface area contributed by atoms with Crippen LogP contribution in [0.25, 0.3) is 0 Å². The van der Waals surface area contributed by atoms with E-state index in [9.17, 15) is 4.79 Å². The number of thioether (sulfide) groups is 1. The Balaban J connectivity index is 1.21. The summed E-state index contributed by atoms with van der Waals surface area (Å²) in [5.41, 5.74) is 5.08. The lowest BCUT2D eigenvalue weighted by atomic mass is 9.89. The van der Waals surface area contributed by atoms with Crippen molar-refractivity contribution in [2.45, 2.75) is 83.8 Å². The zero-order valence-corrected chi connectivity index (χ0v) is 23.4. The predicted octanol–water partition coefficient (Wildman–Crippen LogP) is 7.10. The van der Waals surface area contributed by atoms with Gasteiger partial charge in [-0.2, -0.15) is 11.8 Å². The molecule has 0 saturated carbocycles. The van der Waals surface area contributed by atoms with Crippen molar-refractivity contribution < 1.29 is 14.3 Å². The standard InChI is InChI=1S/C31H43NO3S/c1-23-21-28(9-10-29(23)27-14-19-36-20-15-27)34-22-24-5-7-25(8-6-24)26-11-16-32(17-12-26)18-13-30(33)35-31(2,3)4/h5-10,21,26-27H,11-20,22H2,1-4H3. The van der Waals surface area contributed by atoms with Gasteiger partial charge in [-0.3, -0.25) is 4.79 Å². The van der Waals surface area contributed by atoms with Crippen LogP contribution < -0.4 is 4.74 Å². The van der Waals surface area contributed by atoms with Crippen molar-refractivity contribution >= 4 is 17.7 Å². The SMILES string of the molecule is Cc1cc(OCc2ccc(C3CCN(CCC(=O)OC(C)(C)C)CC3)cc2)ccc1C1CCSCC1. The lowest BCUT2D eigenvalue weighted by Gasteiger charge is -2.32. The number of hydrogen-bond donors (Lipinski definition) is 0. The number of carbonyl (C=O) groups is 1. The number of aryl methyl sites for hydroxylation is 1. The molecule has 196 valence electrons. The first-order chi connectivity index (χ1) is 17.3. The van der Waals surface area contributed by atoms with E-state index in [1.54, 1.807) is 0 Å². The van der Waals surface area contributed by atoms with Crippen molar-refractivity contribution in [3.63, 3.8) is 0 Å². The zero-order chi connectivity index (χ0) is 25.5. The molecule has 0 aromatic heterocycles. The molecule has 5 heteroatoms. The van der Waals surface area contributed by atoms with E-state index < -0.39 is 5.60 Å². The second-order valence-electron chi connectivity index (χ2n) is 11.4. The highest BCUT2D eigenvalue weighted by Crippen LogP contribution is 2.34. The minimum Gasteiger partial charge on any atom is -0.489 e. The third kappa shape index (κ3) is 8.01. The zero-order valence-electron chi connectivity index (χ0n) is 22.6. The van der Waals surface area contributed by atoms with Crippen LogP contribution in [0.15, 0.2) is 42.5 Å². The van der Waals surface area contributed by atoms with Gasteiger partial charge in [0.15, 0.2) is 0 Å². The van der Waals surface area contributed by atoms with Gasteiger partial charge >= 0.3 is 5.97 Å². The molecule has 2 aromatic carbocycles. The Bertz CT molecular complexity index is 984. The van der Waals surface area contributed by atoms with Crippen LogP contribution in [0.2, 0.25) is 0 Å². The molecule has 2 fully saturated rings. The maximum atomic E-state index is 12.0. The number of ether oxygens (including phenoxy) is 2. The van der Waals surface area contributed by atoms with Crippen molar-refractivity contribution in [2.75, 3.05) is 31.1 Å². The fraction of sp³-hybridized carbons (Fsp3) is 0.581. The quantitative estimate of drug-likeness (QED) is 0.355. The monoisotopic (exact) mass is 509 g/mol. The Labute approximate surface area is 222 Å². The summed E-state index contributed by atoms with van der Waals surface area (Å²) in [6.45, 7) is 11.4. The van der Waals surface area contributed by atoms with Crippen molar-refractivity contribution in [3.8, 4) is 5.75 Å². The topological polar surface area (TPSA) is 38.8 Å². The summed E-state index contributed by atoms with van der Waals surface area (Å²) in [7, 11) is 0. The summed E-state index contributed by atoms with van der Waals surface area (Å²) >= 11 is 2.08. The highest BCUT2D eigenvalue weighted by molar-refractivity contribution is 7.99. The van der Waals surface area contributed by atoms with Gasteiger partial charge in [0.25, 0.3) is 0 Å². The van der Waals surface area contributed by atoms with E-state index >= 15 is 0 Å². The van der Waals surface area contributed by atoms with E-state index in [-0.39, 0.29) is 5.97 Å². The third-order valence-electron chi connectivity index (χ3n) is 7.40. The van der Waals surface area contributed by atoms with Gasteiger partial charge in [-0.1, -0.05) is 30.3 Å². The average Bonchev–Trinajstić information content (AvgIpc) is 2.86. The number of carbonyl (C=O) groups excluding carboxylic acids is 1. The van der Waals surface area contributed by atoms with Crippen LogP contribution in [-0.2, 0) is 16.1 Å². The first kappa shape index (κ1) is 27.1. The fourth-order valence-electron chi connectivity index (χ4n) is 5.39.